The van der Waals surface area contributed by atoms with E-state index in [0.29, 0.717) is 11.6 Å². The van der Waals surface area contributed by atoms with Gasteiger partial charge in [-0.15, -0.1) is 0 Å². The van der Waals surface area contributed by atoms with Gasteiger partial charge < -0.3 is 16.0 Å². The summed E-state index contributed by atoms with van der Waals surface area (Å²) in [6.07, 6.45) is 8.74. The highest BCUT2D eigenvalue weighted by Crippen LogP contribution is 2.25. The summed E-state index contributed by atoms with van der Waals surface area (Å²) in [5, 5.41) is 9.42. The van der Waals surface area contributed by atoms with Crippen LogP contribution in [-0.2, 0) is 4.79 Å². The Morgan fingerprint density at radius 2 is 1.52 bits per heavy atom. The zero-order chi connectivity index (χ0) is 19.9. The third kappa shape index (κ3) is 5.28. The molecule has 0 atom stereocenters. The molecule has 29 heavy (non-hydrogen) atoms. The lowest BCUT2D eigenvalue weighted by Gasteiger charge is -2.20. The van der Waals surface area contributed by atoms with Gasteiger partial charge in [-0.05, 0) is 49.2 Å². The van der Waals surface area contributed by atoms with E-state index >= 15 is 0 Å². The lowest BCUT2D eigenvalue weighted by molar-refractivity contribution is -0.120. The number of hydrogen-bond donors (Lipinski definition) is 3. The Balaban J connectivity index is 1.36. The number of aromatic nitrogens is 3. The molecule has 7 nitrogen and oxygen atoms in total. The molecule has 0 bridgehead atoms. The molecule has 1 saturated carbocycles. The first kappa shape index (κ1) is 18.9. The van der Waals surface area contributed by atoms with Gasteiger partial charge in [0.2, 0.25) is 5.91 Å². The van der Waals surface area contributed by atoms with E-state index in [-0.39, 0.29) is 11.8 Å². The van der Waals surface area contributed by atoms with E-state index in [1.165, 1.54) is 12.7 Å². The maximum Gasteiger partial charge on any atom is 0.227 e. The number of pyridine rings is 1. The number of carbonyl (C=O) groups excluding carboxylic acids is 1. The fraction of sp³-hybridized carbons (Fsp3) is 0.273. The van der Waals surface area contributed by atoms with E-state index < -0.39 is 0 Å². The molecule has 0 radical (unpaired) electrons. The molecule has 3 N–H and O–H groups in total. The minimum Gasteiger partial charge on any atom is -0.340 e. The third-order valence-electron chi connectivity index (χ3n) is 4.99. The summed E-state index contributed by atoms with van der Waals surface area (Å²) in [6, 6.07) is 15.1. The van der Waals surface area contributed by atoms with E-state index in [0.717, 1.165) is 42.9 Å². The number of hydrogen-bond acceptors (Lipinski definition) is 6. The zero-order valence-electron chi connectivity index (χ0n) is 16.1. The Morgan fingerprint density at radius 1 is 0.793 bits per heavy atom. The number of benzene rings is 1. The van der Waals surface area contributed by atoms with Crippen molar-refractivity contribution in [2.24, 2.45) is 5.92 Å². The molecule has 1 aliphatic carbocycles. The van der Waals surface area contributed by atoms with Crippen molar-refractivity contribution in [2.75, 3.05) is 16.0 Å². The average molecular weight is 388 g/mol. The van der Waals surface area contributed by atoms with Crippen LogP contribution >= 0.6 is 0 Å². The van der Waals surface area contributed by atoms with Crippen molar-refractivity contribution in [1.82, 2.24) is 15.0 Å². The van der Waals surface area contributed by atoms with Gasteiger partial charge >= 0.3 is 0 Å². The average Bonchev–Trinajstić information content (AvgIpc) is 2.77. The maximum atomic E-state index is 12.4. The Kier molecular flexibility index (Phi) is 5.95. The van der Waals surface area contributed by atoms with Crippen LogP contribution in [0.25, 0.3) is 0 Å². The van der Waals surface area contributed by atoms with E-state index in [1.807, 2.05) is 48.5 Å². The lowest BCUT2D eigenvalue weighted by atomic mass is 9.88. The molecule has 3 aromatic rings. The fourth-order valence-corrected chi connectivity index (χ4v) is 3.46. The third-order valence-corrected chi connectivity index (χ3v) is 4.99. The summed E-state index contributed by atoms with van der Waals surface area (Å²) < 4.78 is 0. The summed E-state index contributed by atoms with van der Waals surface area (Å²) in [5.74, 6) is 2.31. The summed E-state index contributed by atoms with van der Waals surface area (Å²) in [5.41, 5.74) is 1.69. The van der Waals surface area contributed by atoms with Gasteiger partial charge in [-0.1, -0.05) is 25.3 Å². The molecule has 4 rings (SSSR count). The standard InChI is InChI=1S/C22H24N6O/c29-22(16-6-2-1-3-7-16)27-18-11-9-17(10-12-18)26-20-14-21(25-15-24-20)28-19-8-4-5-13-23-19/h4-5,8-16H,1-3,6-7H2,(H,27,29)(H2,23,24,25,26,28). The maximum absolute atomic E-state index is 12.4. The van der Waals surface area contributed by atoms with Gasteiger partial charge in [-0.3, -0.25) is 4.79 Å². The molecule has 1 amide bonds. The van der Waals surface area contributed by atoms with Gasteiger partial charge in [0.25, 0.3) is 0 Å². The smallest absolute Gasteiger partial charge is 0.227 e. The monoisotopic (exact) mass is 388 g/mol. The second kappa shape index (κ2) is 9.14. The first-order chi connectivity index (χ1) is 14.3. The number of nitrogens with zero attached hydrogens (tertiary/aromatic N) is 3. The van der Waals surface area contributed by atoms with Crippen molar-refractivity contribution in [1.29, 1.82) is 0 Å². The van der Waals surface area contributed by atoms with Crippen LogP contribution in [0.4, 0.5) is 28.8 Å². The highest BCUT2D eigenvalue weighted by atomic mass is 16.1. The Hall–Kier alpha value is -3.48. The van der Waals surface area contributed by atoms with Gasteiger partial charge in [0, 0.05) is 29.6 Å². The van der Waals surface area contributed by atoms with Crippen molar-refractivity contribution in [3.05, 3.63) is 61.1 Å². The zero-order valence-corrected chi connectivity index (χ0v) is 16.1. The first-order valence-corrected chi connectivity index (χ1v) is 9.94. The van der Waals surface area contributed by atoms with Crippen molar-refractivity contribution in [2.45, 2.75) is 32.1 Å². The van der Waals surface area contributed by atoms with E-state index in [9.17, 15) is 4.79 Å². The van der Waals surface area contributed by atoms with Crippen LogP contribution in [0.5, 0.6) is 0 Å². The highest BCUT2D eigenvalue weighted by Gasteiger charge is 2.20. The van der Waals surface area contributed by atoms with Crippen LogP contribution in [0, 0.1) is 5.92 Å². The summed E-state index contributed by atoms with van der Waals surface area (Å²) in [6.45, 7) is 0. The van der Waals surface area contributed by atoms with Gasteiger partial charge in [-0.25, -0.2) is 15.0 Å². The molecule has 0 aliphatic heterocycles. The first-order valence-electron chi connectivity index (χ1n) is 9.94. The second-order valence-electron chi connectivity index (χ2n) is 7.16. The molecule has 7 heteroatoms. The highest BCUT2D eigenvalue weighted by molar-refractivity contribution is 5.92. The molecule has 2 aromatic heterocycles. The number of amides is 1. The molecule has 0 spiro atoms. The minimum atomic E-state index is 0.131. The minimum absolute atomic E-state index is 0.131. The molecular weight excluding hydrogens is 364 g/mol. The molecule has 2 heterocycles. The number of rotatable bonds is 6. The Labute approximate surface area is 170 Å². The van der Waals surface area contributed by atoms with Gasteiger partial charge in [0.05, 0.1) is 0 Å². The van der Waals surface area contributed by atoms with Crippen molar-refractivity contribution in [3.63, 3.8) is 0 Å². The van der Waals surface area contributed by atoms with Crippen LogP contribution in [0.15, 0.2) is 61.1 Å². The molecule has 1 aromatic carbocycles. The van der Waals surface area contributed by atoms with E-state index in [4.69, 9.17) is 0 Å². The van der Waals surface area contributed by atoms with Crippen LogP contribution < -0.4 is 16.0 Å². The fourth-order valence-electron chi connectivity index (χ4n) is 3.46. The summed E-state index contributed by atoms with van der Waals surface area (Å²) in [4.78, 5) is 25.1. The van der Waals surface area contributed by atoms with Crippen LogP contribution in [0.3, 0.4) is 0 Å². The van der Waals surface area contributed by atoms with E-state index in [2.05, 4.69) is 30.9 Å². The molecule has 1 aliphatic rings. The van der Waals surface area contributed by atoms with Crippen molar-refractivity contribution >= 4 is 34.7 Å². The normalized spacial score (nSPS) is 14.2. The predicted octanol–water partition coefficient (Wildman–Crippen LogP) is 4.88. The molecule has 0 saturated heterocycles. The Morgan fingerprint density at radius 3 is 2.24 bits per heavy atom. The number of nitrogens with one attached hydrogen (secondary N) is 3. The topological polar surface area (TPSA) is 91.8 Å². The number of anilines is 5. The molecule has 148 valence electrons. The molecule has 1 fully saturated rings. The molecular formula is C22H24N6O. The predicted molar refractivity (Wildman–Crippen MR) is 114 cm³/mol. The number of carbonyl (C=O) groups is 1. The van der Waals surface area contributed by atoms with Gasteiger partial charge in [0.15, 0.2) is 0 Å². The second-order valence-corrected chi connectivity index (χ2v) is 7.16. The Bertz CT molecular complexity index is 939. The van der Waals surface area contributed by atoms with Crippen LogP contribution in [0.2, 0.25) is 0 Å². The van der Waals surface area contributed by atoms with Crippen LogP contribution in [0.1, 0.15) is 32.1 Å². The summed E-state index contributed by atoms with van der Waals surface area (Å²) in [7, 11) is 0. The van der Waals surface area contributed by atoms with E-state index in [1.54, 1.807) is 6.20 Å². The van der Waals surface area contributed by atoms with Crippen molar-refractivity contribution in [3.8, 4) is 0 Å². The van der Waals surface area contributed by atoms with Gasteiger partial charge in [0.1, 0.15) is 23.8 Å². The quantitative estimate of drug-likeness (QED) is 0.557. The molecule has 0 unspecified atom stereocenters. The van der Waals surface area contributed by atoms with Crippen molar-refractivity contribution < 1.29 is 4.79 Å². The lowest BCUT2D eigenvalue weighted by Crippen LogP contribution is -2.24. The largest absolute Gasteiger partial charge is 0.340 e. The summed E-state index contributed by atoms with van der Waals surface area (Å²) >= 11 is 0. The van der Waals surface area contributed by atoms with Crippen LogP contribution in [-0.4, -0.2) is 20.9 Å². The SMILES string of the molecule is O=C(Nc1ccc(Nc2cc(Nc3ccccn3)ncn2)cc1)C1CCCCC1. The van der Waals surface area contributed by atoms with Gasteiger partial charge in [-0.2, -0.15) is 0 Å².